The molecule has 7 nitrogen and oxygen atoms in total. The molecular formula is C21H26N4O3S. The lowest BCUT2D eigenvalue weighted by atomic mass is 9.85. The summed E-state index contributed by atoms with van der Waals surface area (Å²) < 4.78 is 13.2. The van der Waals surface area contributed by atoms with E-state index >= 15 is 0 Å². The monoisotopic (exact) mass is 414 g/mol. The maximum atomic E-state index is 12.9. The lowest BCUT2D eigenvalue weighted by Crippen LogP contribution is -2.31. The number of benzene rings is 1. The summed E-state index contributed by atoms with van der Waals surface area (Å²) in [6.45, 7) is 4.76. The van der Waals surface area contributed by atoms with Gasteiger partial charge >= 0.3 is 0 Å². The molecule has 4 rings (SSSR count). The highest BCUT2D eigenvalue weighted by Gasteiger charge is 2.37. The number of ketones is 1. The van der Waals surface area contributed by atoms with Gasteiger partial charge < -0.3 is 14.8 Å². The minimum Gasteiger partial charge on any atom is -0.493 e. The van der Waals surface area contributed by atoms with Gasteiger partial charge in [0.25, 0.3) is 0 Å². The van der Waals surface area contributed by atoms with Crippen molar-refractivity contribution >= 4 is 23.5 Å². The molecule has 1 aliphatic heterocycles. The van der Waals surface area contributed by atoms with Crippen LogP contribution in [0.2, 0.25) is 0 Å². The smallest absolute Gasteiger partial charge is 0.227 e. The highest BCUT2D eigenvalue weighted by atomic mass is 32.2. The number of fused-ring (bicyclic) bond motifs is 1. The number of carbonyl (C=O) groups is 1. The van der Waals surface area contributed by atoms with E-state index in [9.17, 15) is 4.79 Å². The van der Waals surface area contributed by atoms with Crippen LogP contribution in [0.1, 0.15) is 51.1 Å². The first-order valence-electron chi connectivity index (χ1n) is 10.1. The van der Waals surface area contributed by atoms with Crippen LogP contribution in [0.4, 0.5) is 5.95 Å². The van der Waals surface area contributed by atoms with Crippen molar-refractivity contribution in [3.63, 3.8) is 0 Å². The average Bonchev–Trinajstić information content (AvgIpc) is 3.13. The number of ether oxygens (including phenoxy) is 2. The number of methoxy groups -OCH3 is 1. The Labute approximate surface area is 174 Å². The summed E-state index contributed by atoms with van der Waals surface area (Å²) in [4.78, 5) is 17.5. The SMILES string of the molecule is CCCOc1ccc(C2C3=C(CCCC3=O)Nc3nc(SCC)nn32)cc1OC. The largest absolute Gasteiger partial charge is 0.493 e. The van der Waals surface area contributed by atoms with Crippen molar-refractivity contribution in [2.24, 2.45) is 0 Å². The van der Waals surface area contributed by atoms with Gasteiger partial charge in [0, 0.05) is 17.7 Å². The van der Waals surface area contributed by atoms with Crippen molar-refractivity contribution in [3.8, 4) is 11.5 Å². The molecule has 0 radical (unpaired) electrons. The van der Waals surface area contributed by atoms with Gasteiger partial charge in [0.05, 0.1) is 13.7 Å². The summed E-state index contributed by atoms with van der Waals surface area (Å²) in [6, 6.07) is 5.54. The van der Waals surface area contributed by atoms with Gasteiger partial charge in [0.2, 0.25) is 11.1 Å². The summed E-state index contributed by atoms with van der Waals surface area (Å²) in [6.07, 6.45) is 3.18. The molecule has 0 spiro atoms. The van der Waals surface area contributed by atoms with E-state index in [0.717, 1.165) is 41.8 Å². The molecule has 2 heterocycles. The van der Waals surface area contributed by atoms with Crippen LogP contribution in [-0.4, -0.2) is 40.0 Å². The van der Waals surface area contributed by atoms with E-state index in [1.54, 1.807) is 18.9 Å². The summed E-state index contributed by atoms with van der Waals surface area (Å²) in [5, 5.41) is 8.76. The molecule has 0 bridgehead atoms. The van der Waals surface area contributed by atoms with Crippen molar-refractivity contribution < 1.29 is 14.3 Å². The molecule has 2 aliphatic rings. The van der Waals surface area contributed by atoms with Crippen LogP contribution in [0.5, 0.6) is 11.5 Å². The molecule has 0 fully saturated rings. The van der Waals surface area contributed by atoms with Crippen LogP contribution in [0.15, 0.2) is 34.6 Å². The van der Waals surface area contributed by atoms with Crippen molar-refractivity contribution in [3.05, 3.63) is 35.0 Å². The molecule has 1 atom stereocenters. The minimum atomic E-state index is -0.318. The van der Waals surface area contributed by atoms with Crippen molar-refractivity contribution in [1.29, 1.82) is 0 Å². The van der Waals surface area contributed by atoms with Crippen molar-refractivity contribution in [1.82, 2.24) is 14.8 Å². The standard InChI is InChI=1S/C21H26N4O3S/c1-4-11-28-16-10-9-13(12-17(16)27-3)19-18-14(7-6-8-15(18)26)22-20-23-21(29-5-2)24-25(19)20/h9-10,12,19H,4-8,11H2,1-3H3,(H,22,23,24). The first kappa shape index (κ1) is 19.8. The summed E-state index contributed by atoms with van der Waals surface area (Å²) in [5.74, 6) is 3.10. The Bertz CT molecular complexity index is 953. The first-order valence-corrected chi connectivity index (χ1v) is 11.1. The van der Waals surface area contributed by atoms with E-state index in [4.69, 9.17) is 14.6 Å². The number of Topliss-reactive ketones (excluding diaryl/α,β-unsaturated/α-hetero) is 1. The van der Waals surface area contributed by atoms with E-state index in [0.29, 0.717) is 35.6 Å². The van der Waals surface area contributed by atoms with Gasteiger partial charge in [-0.15, -0.1) is 5.10 Å². The Kier molecular flexibility index (Phi) is 5.80. The number of aromatic nitrogens is 3. The molecule has 1 N–H and O–H groups in total. The van der Waals surface area contributed by atoms with Gasteiger partial charge in [-0.2, -0.15) is 4.98 Å². The average molecular weight is 415 g/mol. The topological polar surface area (TPSA) is 78.3 Å². The van der Waals surface area contributed by atoms with Crippen LogP contribution >= 0.6 is 11.8 Å². The van der Waals surface area contributed by atoms with Gasteiger partial charge in [-0.05, 0) is 42.7 Å². The highest BCUT2D eigenvalue weighted by Crippen LogP contribution is 2.42. The van der Waals surface area contributed by atoms with Crippen LogP contribution in [0.3, 0.4) is 0 Å². The first-order chi connectivity index (χ1) is 14.2. The number of carbonyl (C=O) groups excluding carboxylic acids is 1. The summed E-state index contributed by atoms with van der Waals surface area (Å²) in [5.41, 5.74) is 2.68. The van der Waals surface area contributed by atoms with Crippen molar-refractivity contribution in [2.75, 3.05) is 24.8 Å². The Morgan fingerprint density at radius 2 is 2.14 bits per heavy atom. The number of hydrogen-bond donors (Lipinski definition) is 1. The van der Waals surface area contributed by atoms with Crippen LogP contribution in [0, 0.1) is 0 Å². The van der Waals surface area contributed by atoms with E-state index < -0.39 is 0 Å². The zero-order chi connectivity index (χ0) is 20.4. The number of rotatable bonds is 7. The number of thioether (sulfide) groups is 1. The predicted molar refractivity (Wildman–Crippen MR) is 113 cm³/mol. The molecule has 154 valence electrons. The molecule has 0 saturated heterocycles. The van der Waals surface area contributed by atoms with E-state index in [-0.39, 0.29) is 11.8 Å². The molecule has 1 aromatic carbocycles. The Morgan fingerprint density at radius 1 is 1.28 bits per heavy atom. The number of hydrogen-bond acceptors (Lipinski definition) is 7. The molecule has 0 saturated carbocycles. The molecular weight excluding hydrogens is 388 g/mol. The summed E-state index contributed by atoms with van der Waals surface area (Å²) in [7, 11) is 1.63. The fourth-order valence-corrected chi connectivity index (χ4v) is 4.38. The van der Waals surface area contributed by atoms with E-state index in [2.05, 4.69) is 24.1 Å². The maximum Gasteiger partial charge on any atom is 0.227 e. The third-order valence-electron chi connectivity index (χ3n) is 5.09. The number of nitrogens with zero attached hydrogens (tertiary/aromatic N) is 3. The van der Waals surface area contributed by atoms with Gasteiger partial charge in [0.1, 0.15) is 6.04 Å². The quantitative estimate of drug-likeness (QED) is 0.680. The van der Waals surface area contributed by atoms with Crippen LogP contribution < -0.4 is 14.8 Å². The number of nitrogens with one attached hydrogen (secondary N) is 1. The van der Waals surface area contributed by atoms with Crippen molar-refractivity contribution in [2.45, 2.75) is 50.7 Å². The third kappa shape index (κ3) is 3.73. The minimum absolute atomic E-state index is 0.167. The number of anilines is 1. The van der Waals surface area contributed by atoms with Crippen LogP contribution in [-0.2, 0) is 4.79 Å². The third-order valence-corrected chi connectivity index (χ3v) is 5.81. The highest BCUT2D eigenvalue weighted by molar-refractivity contribution is 7.99. The zero-order valence-electron chi connectivity index (χ0n) is 17.0. The molecule has 0 amide bonds. The van der Waals surface area contributed by atoms with E-state index in [1.165, 1.54) is 0 Å². The molecule has 29 heavy (non-hydrogen) atoms. The Balaban J connectivity index is 1.81. The molecule has 8 heteroatoms. The molecule has 1 unspecified atom stereocenters. The second kappa shape index (κ2) is 8.49. The van der Waals surface area contributed by atoms with Gasteiger partial charge in [-0.1, -0.05) is 31.7 Å². The lowest BCUT2D eigenvalue weighted by Gasteiger charge is -2.32. The zero-order valence-corrected chi connectivity index (χ0v) is 17.8. The van der Waals surface area contributed by atoms with Crippen LogP contribution in [0.25, 0.3) is 0 Å². The second-order valence-electron chi connectivity index (χ2n) is 7.05. The Hall–Kier alpha value is -2.48. The fraction of sp³-hybridized carbons (Fsp3) is 0.476. The molecule has 1 aromatic heterocycles. The second-order valence-corrected chi connectivity index (χ2v) is 8.28. The van der Waals surface area contributed by atoms with Gasteiger partial charge in [-0.3, -0.25) is 4.79 Å². The Morgan fingerprint density at radius 3 is 2.90 bits per heavy atom. The molecule has 1 aliphatic carbocycles. The molecule has 2 aromatic rings. The summed E-state index contributed by atoms with van der Waals surface area (Å²) >= 11 is 1.59. The lowest BCUT2D eigenvalue weighted by molar-refractivity contribution is -0.116. The van der Waals surface area contributed by atoms with Gasteiger partial charge in [-0.25, -0.2) is 4.68 Å². The van der Waals surface area contributed by atoms with Gasteiger partial charge in [0.15, 0.2) is 17.3 Å². The number of allylic oxidation sites excluding steroid dienone is 2. The fourth-order valence-electron chi connectivity index (χ4n) is 3.82. The van der Waals surface area contributed by atoms with E-state index in [1.807, 2.05) is 22.9 Å². The maximum absolute atomic E-state index is 12.9. The normalized spacial score (nSPS) is 18.2. The predicted octanol–water partition coefficient (Wildman–Crippen LogP) is 4.21.